The summed E-state index contributed by atoms with van der Waals surface area (Å²) in [5, 5.41) is 5.68. The maximum absolute atomic E-state index is 12.1. The average molecular weight is 283 g/mol. The van der Waals surface area contributed by atoms with Crippen molar-refractivity contribution >= 4 is 11.8 Å². The maximum atomic E-state index is 12.1. The first-order valence-corrected chi connectivity index (χ1v) is 7.70. The molecule has 0 radical (unpaired) electrons. The van der Waals surface area contributed by atoms with Gasteiger partial charge >= 0.3 is 0 Å². The fourth-order valence-corrected chi connectivity index (χ4v) is 2.54. The molecule has 0 saturated heterocycles. The number of nitrogens with one attached hydrogen (secondary N) is 2. The van der Waals surface area contributed by atoms with Gasteiger partial charge in [0.05, 0.1) is 5.92 Å². The molecular formula is C15H29N3O2. The van der Waals surface area contributed by atoms with Gasteiger partial charge in [-0.1, -0.05) is 20.8 Å². The third-order valence-electron chi connectivity index (χ3n) is 3.86. The van der Waals surface area contributed by atoms with Crippen molar-refractivity contribution in [1.29, 1.82) is 0 Å². The number of rotatable bonds is 6. The van der Waals surface area contributed by atoms with Crippen LogP contribution in [0.2, 0.25) is 0 Å². The van der Waals surface area contributed by atoms with E-state index in [1.165, 1.54) is 0 Å². The van der Waals surface area contributed by atoms with Crippen LogP contribution in [-0.2, 0) is 9.59 Å². The summed E-state index contributed by atoms with van der Waals surface area (Å²) in [6.45, 7) is 7.32. The van der Waals surface area contributed by atoms with Gasteiger partial charge in [0.1, 0.15) is 0 Å². The minimum atomic E-state index is -0.0996. The van der Waals surface area contributed by atoms with Crippen LogP contribution in [-0.4, -0.2) is 30.9 Å². The Morgan fingerprint density at radius 3 is 2.60 bits per heavy atom. The Morgan fingerprint density at radius 1 is 1.25 bits per heavy atom. The molecule has 0 spiro atoms. The highest BCUT2D eigenvalue weighted by Gasteiger charge is 2.31. The van der Waals surface area contributed by atoms with E-state index in [0.717, 1.165) is 19.3 Å². The molecule has 1 saturated carbocycles. The molecule has 1 aliphatic carbocycles. The minimum absolute atomic E-state index is 0.000657. The minimum Gasteiger partial charge on any atom is -0.356 e. The molecule has 0 aromatic carbocycles. The summed E-state index contributed by atoms with van der Waals surface area (Å²) in [5.41, 5.74) is 6.01. The summed E-state index contributed by atoms with van der Waals surface area (Å²) >= 11 is 0. The Bertz CT molecular complexity index is 331. The molecule has 116 valence electrons. The molecule has 5 nitrogen and oxygen atoms in total. The van der Waals surface area contributed by atoms with Crippen molar-refractivity contribution in [2.45, 2.75) is 52.5 Å². The molecule has 1 rings (SSSR count). The van der Waals surface area contributed by atoms with Crippen LogP contribution in [0, 0.1) is 17.8 Å². The molecule has 2 amide bonds. The lowest BCUT2D eigenvalue weighted by Crippen LogP contribution is -2.45. The molecule has 20 heavy (non-hydrogen) atoms. The van der Waals surface area contributed by atoms with Gasteiger partial charge in [-0.3, -0.25) is 9.59 Å². The molecule has 1 aliphatic rings. The van der Waals surface area contributed by atoms with Gasteiger partial charge in [-0.15, -0.1) is 0 Å². The van der Waals surface area contributed by atoms with E-state index in [2.05, 4.69) is 17.6 Å². The number of hydrogen-bond donors (Lipinski definition) is 3. The first kappa shape index (κ1) is 17.0. The van der Waals surface area contributed by atoms with Gasteiger partial charge in [0.25, 0.3) is 0 Å². The van der Waals surface area contributed by atoms with Crippen LogP contribution in [0.25, 0.3) is 0 Å². The Hall–Kier alpha value is -1.10. The van der Waals surface area contributed by atoms with Crippen molar-refractivity contribution in [3.63, 3.8) is 0 Å². The predicted octanol–water partition coefficient (Wildman–Crippen LogP) is 1.03. The van der Waals surface area contributed by atoms with Gasteiger partial charge in [-0.25, -0.2) is 0 Å². The topological polar surface area (TPSA) is 84.2 Å². The van der Waals surface area contributed by atoms with E-state index in [4.69, 9.17) is 5.73 Å². The van der Waals surface area contributed by atoms with Crippen LogP contribution in [0.4, 0.5) is 0 Å². The Balaban J connectivity index is 2.23. The van der Waals surface area contributed by atoms with Crippen molar-refractivity contribution in [1.82, 2.24) is 10.6 Å². The number of carbonyl (C=O) groups is 2. The fraction of sp³-hybridized carbons (Fsp3) is 0.867. The second-order valence-electron chi connectivity index (χ2n) is 6.43. The molecule has 0 aromatic rings. The van der Waals surface area contributed by atoms with Gasteiger partial charge in [-0.2, -0.15) is 0 Å². The molecule has 3 unspecified atom stereocenters. The maximum Gasteiger partial charge on any atom is 0.224 e. The molecule has 3 atom stereocenters. The third-order valence-corrected chi connectivity index (χ3v) is 3.86. The van der Waals surface area contributed by atoms with Gasteiger partial charge in [0.2, 0.25) is 11.8 Å². The number of amides is 2. The SMILES string of the molecule is CC(C)CNC(=O)CCNC(=O)C1CC(C)CCC1N. The van der Waals surface area contributed by atoms with E-state index in [-0.39, 0.29) is 23.8 Å². The average Bonchev–Trinajstić information content (AvgIpc) is 2.39. The lowest BCUT2D eigenvalue weighted by atomic mass is 9.79. The number of nitrogens with two attached hydrogens (primary N) is 1. The van der Waals surface area contributed by atoms with Crippen molar-refractivity contribution in [3.05, 3.63) is 0 Å². The molecule has 0 aliphatic heterocycles. The first-order valence-electron chi connectivity index (χ1n) is 7.70. The van der Waals surface area contributed by atoms with Crippen LogP contribution in [0.15, 0.2) is 0 Å². The summed E-state index contributed by atoms with van der Waals surface area (Å²) in [5.74, 6) is 0.883. The Morgan fingerprint density at radius 2 is 1.95 bits per heavy atom. The lowest BCUT2D eigenvalue weighted by Gasteiger charge is -2.31. The van der Waals surface area contributed by atoms with Crippen LogP contribution in [0.5, 0.6) is 0 Å². The van der Waals surface area contributed by atoms with Gasteiger partial charge in [0, 0.05) is 25.6 Å². The summed E-state index contributed by atoms with van der Waals surface area (Å²) in [7, 11) is 0. The zero-order chi connectivity index (χ0) is 15.1. The molecule has 4 N–H and O–H groups in total. The summed E-state index contributed by atoms with van der Waals surface area (Å²) < 4.78 is 0. The number of carbonyl (C=O) groups excluding carboxylic acids is 2. The predicted molar refractivity (Wildman–Crippen MR) is 80.0 cm³/mol. The quantitative estimate of drug-likeness (QED) is 0.680. The second kappa shape index (κ2) is 8.25. The molecule has 0 bridgehead atoms. The summed E-state index contributed by atoms with van der Waals surface area (Å²) in [4.78, 5) is 23.6. The van der Waals surface area contributed by atoms with E-state index in [1.54, 1.807) is 0 Å². The van der Waals surface area contributed by atoms with Crippen LogP contribution >= 0.6 is 0 Å². The molecular weight excluding hydrogens is 254 g/mol. The fourth-order valence-electron chi connectivity index (χ4n) is 2.54. The second-order valence-corrected chi connectivity index (χ2v) is 6.43. The highest BCUT2D eigenvalue weighted by molar-refractivity contribution is 5.81. The van der Waals surface area contributed by atoms with Crippen molar-refractivity contribution < 1.29 is 9.59 Å². The summed E-state index contributed by atoms with van der Waals surface area (Å²) in [6.07, 6.45) is 3.19. The normalized spacial score (nSPS) is 26.4. The zero-order valence-electron chi connectivity index (χ0n) is 12.9. The largest absolute Gasteiger partial charge is 0.356 e. The van der Waals surface area contributed by atoms with E-state index >= 15 is 0 Å². The van der Waals surface area contributed by atoms with Crippen LogP contribution in [0.1, 0.15) is 46.5 Å². The van der Waals surface area contributed by atoms with Crippen molar-refractivity contribution in [2.24, 2.45) is 23.5 Å². The number of hydrogen-bond acceptors (Lipinski definition) is 3. The van der Waals surface area contributed by atoms with Crippen molar-refractivity contribution in [2.75, 3.05) is 13.1 Å². The van der Waals surface area contributed by atoms with Crippen molar-refractivity contribution in [3.8, 4) is 0 Å². The van der Waals surface area contributed by atoms with E-state index in [0.29, 0.717) is 31.3 Å². The Kier molecular flexibility index (Phi) is 6.99. The molecule has 1 fully saturated rings. The van der Waals surface area contributed by atoms with Crippen LogP contribution in [0.3, 0.4) is 0 Å². The Labute approximate surface area is 122 Å². The molecule has 5 heteroatoms. The molecule has 0 aromatic heterocycles. The monoisotopic (exact) mass is 283 g/mol. The first-order chi connectivity index (χ1) is 9.40. The van der Waals surface area contributed by atoms with E-state index in [1.807, 2.05) is 13.8 Å². The van der Waals surface area contributed by atoms with E-state index < -0.39 is 0 Å². The van der Waals surface area contributed by atoms with Gasteiger partial charge < -0.3 is 16.4 Å². The smallest absolute Gasteiger partial charge is 0.224 e. The highest BCUT2D eigenvalue weighted by Crippen LogP contribution is 2.27. The standard InChI is InChI=1S/C15H29N3O2/c1-10(2)9-18-14(19)6-7-17-15(20)12-8-11(3)4-5-13(12)16/h10-13H,4-9,16H2,1-3H3,(H,17,20)(H,18,19). The van der Waals surface area contributed by atoms with Gasteiger partial charge in [0.15, 0.2) is 0 Å². The lowest BCUT2D eigenvalue weighted by molar-refractivity contribution is -0.127. The van der Waals surface area contributed by atoms with Crippen LogP contribution < -0.4 is 16.4 Å². The highest BCUT2D eigenvalue weighted by atomic mass is 16.2. The van der Waals surface area contributed by atoms with E-state index in [9.17, 15) is 9.59 Å². The zero-order valence-corrected chi connectivity index (χ0v) is 12.9. The molecule has 0 heterocycles. The summed E-state index contributed by atoms with van der Waals surface area (Å²) in [6, 6.07) is -0.0408. The van der Waals surface area contributed by atoms with Gasteiger partial charge in [-0.05, 0) is 31.1 Å². The third kappa shape index (κ3) is 5.90.